The van der Waals surface area contributed by atoms with Crippen molar-refractivity contribution in [2.75, 3.05) is 0 Å². The molecule has 1 saturated heterocycles. The molecule has 1 aliphatic rings. The zero-order valence-electron chi connectivity index (χ0n) is 9.66. The van der Waals surface area contributed by atoms with Gasteiger partial charge in [-0.1, -0.05) is 18.2 Å². The largest absolute Gasteiger partial charge is 0.325 e. The normalized spacial score (nSPS) is 18.4. The van der Waals surface area contributed by atoms with Gasteiger partial charge in [0.05, 0.1) is 6.54 Å². The van der Waals surface area contributed by atoms with E-state index in [0.29, 0.717) is 5.56 Å². The molecule has 1 aliphatic heterocycles. The van der Waals surface area contributed by atoms with Crippen molar-refractivity contribution < 1.29 is 14.0 Å². The van der Waals surface area contributed by atoms with Crippen molar-refractivity contribution in [3.63, 3.8) is 0 Å². The summed E-state index contributed by atoms with van der Waals surface area (Å²) in [5.41, 5.74) is -0.551. The molecule has 0 saturated carbocycles. The Morgan fingerprint density at radius 1 is 1.29 bits per heavy atom. The summed E-state index contributed by atoms with van der Waals surface area (Å²) in [5.74, 6) is -0.741. The Hall–Kier alpha value is -1.91. The second-order valence-electron chi connectivity index (χ2n) is 4.50. The van der Waals surface area contributed by atoms with Gasteiger partial charge in [-0.05, 0) is 19.9 Å². The second kappa shape index (κ2) is 3.84. The molecule has 0 spiro atoms. The zero-order valence-corrected chi connectivity index (χ0v) is 9.66. The summed E-state index contributed by atoms with van der Waals surface area (Å²) in [6, 6.07) is 5.73. The van der Waals surface area contributed by atoms with Gasteiger partial charge < -0.3 is 4.90 Å². The number of rotatable bonds is 2. The van der Waals surface area contributed by atoms with E-state index in [1.54, 1.807) is 32.0 Å². The Morgan fingerprint density at radius 2 is 1.94 bits per heavy atom. The van der Waals surface area contributed by atoms with Crippen LogP contribution in [-0.2, 0) is 11.3 Å². The first-order chi connectivity index (χ1) is 7.93. The third-order valence-corrected chi connectivity index (χ3v) is 2.98. The van der Waals surface area contributed by atoms with E-state index in [4.69, 9.17) is 0 Å². The molecule has 1 aromatic rings. The number of carbonyl (C=O) groups excluding carboxylic acids is 2. The van der Waals surface area contributed by atoms with Crippen molar-refractivity contribution in [2.24, 2.45) is 0 Å². The van der Waals surface area contributed by atoms with E-state index in [1.807, 2.05) is 0 Å². The lowest BCUT2D eigenvalue weighted by Crippen LogP contribution is -2.43. The molecule has 90 valence electrons. The standard InChI is InChI=1S/C12H13FN2O2/c1-12(2)10(16)14-11(17)15(12)7-8-5-3-4-6-9(8)13/h3-6H,7H2,1-2H3,(H,14,16,17). The number of halogens is 1. The molecule has 2 rings (SSSR count). The fraction of sp³-hybridized carbons (Fsp3) is 0.333. The van der Waals surface area contributed by atoms with Gasteiger partial charge in [0.15, 0.2) is 0 Å². The van der Waals surface area contributed by atoms with E-state index >= 15 is 0 Å². The highest BCUT2D eigenvalue weighted by molar-refractivity contribution is 6.06. The lowest BCUT2D eigenvalue weighted by atomic mass is 10.0. The molecule has 0 bridgehead atoms. The van der Waals surface area contributed by atoms with E-state index < -0.39 is 11.6 Å². The van der Waals surface area contributed by atoms with Gasteiger partial charge >= 0.3 is 6.03 Å². The maximum absolute atomic E-state index is 13.5. The van der Waals surface area contributed by atoms with Crippen molar-refractivity contribution in [3.05, 3.63) is 35.6 Å². The van der Waals surface area contributed by atoms with Crippen LogP contribution in [-0.4, -0.2) is 22.4 Å². The van der Waals surface area contributed by atoms with Gasteiger partial charge in [-0.2, -0.15) is 0 Å². The number of amides is 3. The van der Waals surface area contributed by atoms with E-state index in [1.165, 1.54) is 11.0 Å². The van der Waals surface area contributed by atoms with Crippen molar-refractivity contribution >= 4 is 11.9 Å². The van der Waals surface area contributed by atoms with Crippen LogP contribution in [0.3, 0.4) is 0 Å². The second-order valence-corrected chi connectivity index (χ2v) is 4.50. The lowest BCUT2D eigenvalue weighted by molar-refractivity contribution is -0.125. The van der Waals surface area contributed by atoms with Crippen LogP contribution in [0, 0.1) is 5.82 Å². The third-order valence-electron chi connectivity index (χ3n) is 2.98. The van der Waals surface area contributed by atoms with Crippen LogP contribution in [0.5, 0.6) is 0 Å². The predicted octanol–water partition coefficient (Wildman–Crippen LogP) is 1.66. The minimum absolute atomic E-state index is 0.0806. The summed E-state index contributed by atoms with van der Waals surface area (Å²) in [5, 5.41) is 2.22. The number of carbonyl (C=O) groups is 2. The third kappa shape index (κ3) is 1.88. The molecule has 4 nitrogen and oxygen atoms in total. The van der Waals surface area contributed by atoms with Crippen LogP contribution in [0.15, 0.2) is 24.3 Å². The molecular formula is C12H13FN2O2. The summed E-state index contributed by atoms with van der Waals surface area (Å²) in [6.07, 6.45) is 0. The highest BCUT2D eigenvalue weighted by Gasteiger charge is 2.45. The fourth-order valence-corrected chi connectivity index (χ4v) is 1.76. The number of urea groups is 1. The van der Waals surface area contributed by atoms with Gasteiger partial charge in [-0.15, -0.1) is 0 Å². The topological polar surface area (TPSA) is 49.4 Å². The first-order valence-electron chi connectivity index (χ1n) is 5.29. The Balaban J connectivity index is 2.28. The van der Waals surface area contributed by atoms with Crippen molar-refractivity contribution in [2.45, 2.75) is 25.9 Å². The Bertz CT molecular complexity index is 485. The van der Waals surface area contributed by atoms with E-state index in [-0.39, 0.29) is 18.3 Å². The fourth-order valence-electron chi connectivity index (χ4n) is 1.76. The van der Waals surface area contributed by atoms with Crippen LogP contribution < -0.4 is 5.32 Å². The number of benzene rings is 1. The van der Waals surface area contributed by atoms with Gasteiger partial charge in [0.1, 0.15) is 11.4 Å². The predicted molar refractivity (Wildman–Crippen MR) is 59.6 cm³/mol. The summed E-state index contributed by atoms with van der Waals surface area (Å²) in [7, 11) is 0. The molecule has 0 radical (unpaired) electrons. The summed E-state index contributed by atoms with van der Waals surface area (Å²) < 4.78 is 13.5. The highest BCUT2D eigenvalue weighted by Crippen LogP contribution is 2.24. The molecule has 5 heteroatoms. The Labute approximate surface area is 98.4 Å². The molecule has 0 aromatic heterocycles. The van der Waals surface area contributed by atoms with Gasteiger partial charge in [-0.25, -0.2) is 9.18 Å². The average molecular weight is 236 g/mol. The number of nitrogens with zero attached hydrogens (tertiary/aromatic N) is 1. The minimum Gasteiger partial charge on any atom is -0.306 e. The monoisotopic (exact) mass is 236 g/mol. The molecule has 1 aromatic carbocycles. The average Bonchev–Trinajstić information content (AvgIpc) is 2.44. The molecule has 1 N–H and O–H groups in total. The maximum Gasteiger partial charge on any atom is 0.325 e. The number of hydrogen-bond donors (Lipinski definition) is 1. The molecule has 0 aliphatic carbocycles. The van der Waals surface area contributed by atoms with Gasteiger partial charge in [0, 0.05) is 5.56 Å². The molecule has 0 unspecified atom stereocenters. The number of hydrogen-bond acceptors (Lipinski definition) is 2. The van der Waals surface area contributed by atoms with Crippen LogP contribution in [0.4, 0.5) is 9.18 Å². The Morgan fingerprint density at radius 3 is 2.47 bits per heavy atom. The van der Waals surface area contributed by atoms with Crippen molar-refractivity contribution in [3.8, 4) is 0 Å². The molecule has 3 amide bonds. The molecule has 17 heavy (non-hydrogen) atoms. The molecular weight excluding hydrogens is 223 g/mol. The molecule has 1 fully saturated rings. The highest BCUT2D eigenvalue weighted by atomic mass is 19.1. The minimum atomic E-state index is -0.945. The zero-order chi connectivity index (χ0) is 12.6. The Kier molecular flexibility index (Phi) is 2.61. The van der Waals surface area contributed by atoms with Crippen LogP contribution in [0.25, 0.3) is 0 Å². The van der Waals surface area contributed by atoms with Gasteiger partial charge in [0.2, 0.25) is 0 Å². The van der Waals surface area contributed by atoms with E-state index in [0.717, 1.165) is 0 Å². The lowest BCUT2D eigenvalue weighted by Gasteiger charge is -2.27. The number of nitrogens with one attached hydrogen (secondary N) is 1. The van der Waals surface area contributed by atoms with Crippen molar-refractivity contribution in [1.29, 1.82) is 0 Å². The van der Waals surface area contributed by atoms with Crippen LogP contribution >= 0.6 is 0 Å². The molecule has 1 heterocycles. The summed E-state index contributed by atoms with van der Waals surface area (Å²) in [4.78, 5) is 24.4. The van der Waals surface area contributed by atoms with Crippen LogP contribution in [0.2, 0.25) is 0 Å². The smallest absolute Gasteiger partial charge is 0.306 e. The van der Waals surface area contributed by atoms with Gasteiger partial charge in [-0.3, -0.25) is 10.1 Å². The van der Waals surface area contributed by atoms with E-state index in [9.17, 15) is 14.0 Å². The quantitative estimate of drug-likeness (QED) is 0.794. The van der Waals surface area contributed by atoms with Crippen LogP contribution in [0.1, 0.15) is 19.4 Å². The summed E-state index contributed by atoms with van der Waals surface area (Å²) >= 11 is 0. The molecule has 0 atom stereocenters. The summed E-state index contributed by atoms with van der Waals surface area (Å²) in [6.45, 7) is 3.35. The maximum atomic E-state index is 13.5. The van der Waals surface area contributed by atoms with Crippen molar-refractivity contribution in [1.82, 2.24) is 10.2 Å². The first-order valence-corrected chi connectivity index (χ1v) is 5.29. The number of imide groups is 1. The first kappa shape index (κ1) is 11.6. The SMILES string of the molecule is CC1(C)C(=O)NC(=O)N1Cc1ccccc1F. The van der Waals surface area contributed by atoms with Gasteiger partial charge in [0.25, 0.3) is 5.91 Å². The van der Waals surface area contributed by atoms with E-state index in [2.05, 4.69) is 5.32 Å².